The van der Waals surface area contributed by atoms with Gasteiger partial charge in [-0.15, -0.1) is 0 Å². The lowest BCUT2D eigenvalue weighted by Gasteiger charge is -2.27. The Balaban J connectivity index is 1.61. The van der Waals surface area contributed by atoms with Crippen LogP contribution in [-0.4, -0.2) is 36.5 Å². The maximum Gasteiger partial charge on any atom is 0.255 e. The molecule has 0 saturated heterocycles. The van der Waals surface area contributed by atoms with Gasteiger partial charge in [-0.1, -0.05) is 5.16 Å². The van der Waals surface area contributed by atoms with E-state index in [1.165, 1.54) is 6.33 Å². The molecule has 0 fully saturated rings. The summed E-state index contributed by atoms with van der Waals surface area (Å²) in [5.74, 6) is 1.35. The molecule has 25 heavy (non-hydrogen) atoms. The molecule has 4 rings (SSSR count). The van der Waals surface area contributed by atoms with Crippen molar-refractivity contribution in [2.24, 2.45) is 0 Å². The van der Waals surface area contributed by atoms with Crippen molar-refractivity contribution < 1.29 is 4.52 Å². The molecule has 0 unspecified atom stereocenters. The van der Waals surface area contributed by atoms with Crippen molar-refractivity contribution >= 4 is 0 Å². The summed E-state index contributed by atoms with van der Waals surface area (Å²) < 4.78 is 5.23. The molecule has 3 aromatic heterocycles. The third kappa shape index (κ3) is 2.96. The highest BCUT2D eigenvalue weighted by atomic mass is 16.5. The van der Waals surface area contributed by atoms with E-state index in [-0.39, 0.29) is 5.56 Å². The summed E-state index contributed by atoms with van der Waals surface area (Å²) in [7, 11) is 0. The van der Waals surface area contributed by atoms with Crippen LogP contribution in [0, 0.1) is 13.8 Å². The lowest BCUT2D eigenvalue weighted by molar-refractivity contribution is 0.240. The Bertz CT molecular complexity index is 944. The van der Waals surface area contributed by atoms with Crippen LogP contribution in [0.15, 0.2) is 28.0 Å². The number of hydrogen-bond acceptors (Lipinski definition) is 7. The van der Waals surface area contributed by atoms with Gasteiger partial charge in [-0.2, -0.15) is 0 Å². The lowest BCUT2D eigenvalue weighted by Crippen LogP contribution is -2.35. The van der Waals surface area contributed by atoms with Gasteiger partial charge in [-0.25, -0.2) is 15.0 Å². The van der Waals surface area contributed by atoms with Gasteiger partial charge in [0.25, 0.3) is 5.56 Å². The summed E-state index contributed by atoms with van der Waals surface area (Å²) in [5, 5.41) is 3.99. The molecule has 8 heteroatoms. The van der Waals surface area contributed by atoms with E-state index in [4.69, 9.17) is 4.52 Å². The average molecular weight is 338 g/mol. The molecule has 128 valence electrons. The van der Waals surface area contributed by atoms with Crippen molar-refractivity contribution in [1.82, 2.24) is 30.0 Å². The van der Waals surface area contributed by atoms with E-state index >= 15 is 0 Å². The van der Waals surface area contributed by atoms with Crippen molar-refractivity contribution in [1.29, 1.82) is 0 Å². The fourth-order valence-electron chi connectivity index (χ4n) is 3.13. The van der Waals surface area contributed by atoms with Crippen molar-refractivity contribution in [3.05, 3.63) is 57.3 Å². The number of hydrogen-bond donors (Lipinski definition) is 1. The van der Waals surface area contributed by atoms with Crippen LogP contribution in [0.4, 0.5) is 0 Å². The Kier molecular flexibility index (Phi) is 3.89. The second-order valence-corrected chi connectivity index (χ2v) is 6.23. The summed E-state index contributed by atoms with van der Waals surface area (Å²) in [6.45, 7) is 5.96. The third-order valence-electron chi connectivity index (χ3n) is 4.54. The van der Waals surface area contributed by atoms with Gasteiger partial charge >= 0.3 is 0 Å². The van der Waals surface area contributed by atoms with Crippen LogP contribution in [0.1, 0.15) is 28.3 Å². The van der Waals surface area contributed by atoms with Gasteiger partial charge in [-0.3, -0.25) is 9.69 Å². The number of aryl methyl sites for hydroxylation is 2. The first kappa shape index (κ1) is 15.6. The molecule has 0 radical (unpaired) electrons. The minimum Gasteiger partial charge on any atom is -0.361 e. The highest BCUT2D eigenvalue weighted by Crippen LogP contribution is 2.21. The molecule has 0 aromatic carbocycles. The van der Waals surface area contributed by atoms with Crippen LogP contribution < -0.4 is 5.56 Å². The normalized spacial score (nSPS) is 14.5. The smallest absolute Gasteiger partial charge is 0.255 e. The molecule has 8 nitrogen and oxygen atoms in total. The lowest BCUT2D eigenvalue weighted by atomic mass is 10.1. The minimum absolute atomic E-state index is 0.104. The van der Waals surface area contributed by atoms with Crippen molar-refractivity contribution in [2.45, 2.75) is 33.4 Å². The van der Waals surface area contributed by atoms with E-state index in [0.29, 0.717) is 24.5 Å². The first-order chi connectivity index (χ1) is 12.1. The quantitative estimate of drug-likeness (QED) is 0.770. The molecule has 0 spiro atoms. The van der Waals surface area contributed by atoms with Crippen LogP contribution in [-0.2, 0) is 19.5 Å². The summed E-state index contributed by atoms with van der Waals surface area (Å²) >= 11 is 0. The zero-order chi connectivity index (χ0) is 17.4. The van der Waals surface area contributed by atoms with Crippen molar-refractivity contribution in [3.63, 3.8) is 0 Å². The fourth-order valence-corrected chi connectivity index (χ4v) is 3.13. The predicted octanol–water partition coefficient (Wildman–Crippen LogP) is 1.39. The van der Waals surface area contributed by atoms with E-state index in [1.807, 2.05) is 13.8 Å². The molecule has 3 aromatic rings. The van der Waals surface area contributed by atoms with E-state index < -0.39 is 0 Å². The molecule has 0 aliphatic carbocycles. The Hall–Kier alpha value is -2.87. The molecule has 0 amide bonds. The number of nitrogens with one attached hydrogen (secondary N) is 1. The number of aromatic amines is 1. The topological polar surface area (TPSA) is 101 Å². The van der Waals surface area contributed by atoms with Gasteiger partial charge < -0.3 is 9.51 Å². The SMILES string of the molecule is Cc1noc(C)c1CN1CCc2nc(-c3cncnc3)[nH]c(=O)c2C1. The molecule has 1 aliphatic rings. The molecule has 0 bridgehead atoms. The maximum atomic E-state index is 12.5. The van der Waals surface area contributed by atoms with E-state index in [1.54, 1.807) is 12.4 Å². The Morgan fingerprint density at radius 1 is 1.28 bits per heavy atom. The zero-order valence-corrected chi connectivity index (χ0v) is 14.1. The van der Waals surface area contributed by atoms with Gasteiger partial charge in [-0.05, 0) is 13.8 Å². The molecular formula is C17H18N6O2. The van der Waals surface area contributed by atoms with Crippen LogP contribution in [0.3, 0.4) is 0 Å². The Morgan fingerprint density at radius 2 is 2.08 bits per heavy atom. The van der Waals surface area contributed by atoms with E-state index in [9.17, 15) is 4.79 Å². The molecule has 0 atom stereocenters. The third-order valence-corrected chi connectivity index (χ3v) is 4.54. The standard InChI is InChI=1S/C17H18N6O2/c1-10-13(11(2)25-22-10)7-23-4-3-15-14(8-23)17(24)21-16(20-15)12-5-18-9-19-6-12/h5-6,9H,3-4,7-8H2,1-2H3,(H,20,21,24). The number of H-pyrrole nitrogens is 1. The summed E-state index contributed by atoms with van der Waals surface area (Å²) in [4.78, 5) is 30.2. The van der Waals surface area contributed by atoms with Crippen LogP contribution >= 0.6 is 0 Å². The van der Waals surface area contributed by atoms with Crippen LogP contribution in [0.25, 0.3) is 11.4 Å². The zero-order valence-electron chi connectivity index (χ0n) is 14.1. The fraction of sp³-hybridized carbons (Fsp3) is 0.353. The van der Waals surface area contributed by atoms with Crippen LogP contribution in [0.5, 0.6) is 0 Å². The molecule has 1 aliphatic heterocycles. The maximum absolute atomic E-state index is 12.5. The predicted molar refractivity (Wildman–Crippen MR) is 89.7 cm³/mol. The summed E-state index contributed by atoms with van der Waals surface area (Å²) in [6, 6.07) is 0. The van der Waals surface area contributed by atoms with Gasteiger partial charge in [0.1, 0.15) is 17.9 Å². The van der Waals surface area contributed by atoms with Gasteiger partial charge in [0.2, 0.25) is 0 Å². The van der Waals surface area contributed by atoms with Gasteiger partial charge in [0.15, 0.2) is 0 Å². The van der Waals surface area contributed by atoms with E-state index in [0.717, 1.165) is 41.2 Å². The average Bonchev–Trinajstić information content (AvgIpc) is 2.95. The highest BCUT2D eigenvalue weighted by molar-refractivity contribution is 5.52. The second-order valence-electron chi connectivity index (χ2n) is 6.23. The Labute approximate surface area is 143 Å². The summed E-state index contributed by atoms with van der Waals surface area (Å²) in [5.41, 5.74) is 4.16. The molecule has 0 saturated carbocycles. The minimum atomic E-state index is -0.104. The number of aromatic nitrogens is 5. The van der Waals surface area contributed by atoms with Gasteiger partial charge in [0, 0.05) is 44.0 Å². The first-order valence-electron chi connectivity index (χ1n) is 8.13. The van der Waals surface area contributed by atoms with Crippen molar-refractivity contribution in [2.75, 3.05) is 6.54 Å². The number of fused-ring (bicyclic) bond motifs is 1. The molecular weight excluding hydrogens is 320 g/mol. The van der Waals surface area contributed by atoms with Crippen molar-refractivity contribution in [3.8, 4) is 11.4 Å². The van der Waals surface area contributed by atoms with Gasteiger partial charge in [0.05, 0.1) is 22.5 Å². The summed E-state index contributed by atoms with van der Waals surface area (Å²) in [6.07, 6.45) is 5.46. The van der Waals surface area contributed by atoms with Crippen LogP contribution in [0.2, 0.25) is 0 Å². The molecule has 1 N–H and O–H groups in total. The highest BCUT2D eigenvalue weighted by Gasteiger charge is 2.23. The van der Waals surface area contributed by atoms with E-state index in [2.05, 4.69) is 30.0 Å². The largest absolute Gasteiger partial charge is 0.361 e. The number of rotatable bonds is 3. The monoisotopic (exact) mass is 338 g/mol. The second kappa shape index (κ2) is 6.21. The first-order valence-corrected chi connectivity index (χ1v) is 8.13. The Morgan fingerprint density at radius 3 is 2.80 bits per heavy atom. The molecule has 4 heterocycles. The number of nitrogens with zero attached hydrogens (tertiary/aromatic N) is 5.